The summed E-state index contributed by atoms with van der Waals surface area (Å²) < 4.78 is 0. The molecule has 3 nitrogen and oxygen atoms in total. The van der Waals surface area contributed by atoms with Gasteiger partial charge in [-0.05, 0) is 12.8 Å². The van der Waals surface area contributed by atoms with Gasteiger partial charge in [0.1, 0.15) is 5.01 Å². The molecule has 0 unspecified atom stereocenters. The van der Waals surface area contributed by atoms with Gasteiger partial charge in [0.15, 0.2) is 0 Å². The molecule has 0 bridgehead atoms. The SMILES string of the molecule is CC(C)(C)c1nnc(NC2CCCC2)s1. The fourth-order valence-corrected chi connectivity index (χ4v) is 2.71. The Labute approximate surface area is 95.3 Å². The van der Waals surface area contributed by atoms with Crippen LogP contribution in [0.2, 0.25) is 0 Å². The van der Waals surface area contributed by atoms with Crippen LogP contribution in [0.3, 0.4) is 0 Å². The van der Waals surface area contributed by atoms with E-state index in [0.29, 0.717) is 6.04 Å². The Morgan fingerprint density at radius 1 is 1.20 bits per heavy atom. The van der Waals surface area contributed by atoms with Crippen molar-refractivity contribution in [2.75, 3.05) is 5.32 Å². The third-order valence-electron chi connectivity index (χ3n) is 2.75. The molecule has 0 atom stereocenters. The van der Waals surface area contributed by atoms with Crippen molar-refractivity contribution in [3.05, 3.63) is 5.01 Å². The lowest BCUT2D eigenvalue weighted by atomic mass is 9.98. The molecule has 1 aromatic heterocycles. The molecule has 4 heteroatoms. The summed E-state index contributed by atoms with van der Waals surface area (Å²) in [4.78, 5) is 0. The Balaban J connectivity index is 2.00. The van der Waals surface area contributed by atoms with Crippen molar-refractivity contribution in [3.63, 3.8) is 0 Å². The summed E-state index contributed by atoms with van der Waals surface area (Å²) in [5.41, 5.74) is 0.118. The summed E-state index contributed by atoms with van der Waals surface area (Å²) in [7, 11) is 0. The molecule has 1 N–H and O–H groups in total. The second kappa shape index (κ2) is 4.08. The standard InChI is InChI=1S/C11H19N3S/c1-11(2,3)9-13-14-10(15-9)12-8-6-4-5-7-8/h8H,4-7H2,1-3H3,(H,12,14). The smallest absolute Gasteiger partial charge is 0.205 e. The number of hydrogen-bond acceptors (Lipinski definition) is 4. The van der Waals surface area contributed by atoms with Crippen molar-refractivity contribution in [2.24, 2.45) is 0 Å². The maximum absolute atomic E-state index is 4.24. The summed E-state index contributed by atoms with van der Waals surface area (Å²) in [5.74, 6) is 0. The highest BCUT2D eigenvalue weighted by Crippen LogP contribution is 2.29. The molecule has 84 valence electrons. The second-order valence-electron chi connectivity index (χ2n) is 5.29. The first-order chi connectivity index (χ1) is 7.05. The van der Waals surface area contributed by atoms with Gasteiger partial charge in [-0.1, -0.05) is 44.9 Å². The lowest BCUT2D eigenvalue weighted by Crippen LogP contribution is -2.14. The molecule has 15 heavy (non-hydrogen) atoms. The molecule has 1 aliphatic rings. The molecule has 0 saturated heterocycles. The molecule has 1 heterocycles. The summed E-state index contributed by atoms with van der Waals surface area (Å²) in [5, 5.41) is 14.0. The molecular formula is C11H19N3S. The Bertz CT molecular complexity index is 321. The van der Waals surface area contributed by atoms with Crippen LogP contribution in [-0.2, 0) is 5.41 Å². The number of anilines is 1. The van der Waals surface area contributed by atoms with Gasteiger partial charge >= 0.3 is 0 Å². The zero-order valence-corrected chi connectivity index (χ0v) is 10.5. The van der Waals surface area contributed by atoms with Crippen molar-refractivity contribution in [1.29, 1.82) is 0 Å². The highest BCUT2D eigenvalue weighted by molar-refractivity contribution is 7.15. The minimum atomic E-state index is 0.118. The molecule has 0 aromatic carbocycles. The Hall–Kier alpha value is -0.640. The molecule has 1 fully saturated rings. The van der Waals surface area contributed by atoms with E-state index in [1.54, 1.807) is 11.3 Å². The predicted octanol–water partition coefficient (Wildman–Crippen LogP) is 3.19. The summed E-state index contributed by atoms with van der Waals surface area (Å²) in [6.45, 7) is 6.52. The van der Waals surface area contributed by atoms with Gasteiger partial charge in [0, 0.05) is 11.5 Å². The third-order valence-corrected chi connectivity index (χ3v) is 4.03. The summed E-state index contributed by atoms with van der Waals surface area (Å²) in [6, 6.07) is 0.630. The predicted molar refractivity (Wildman–Crippen MR) is 64.5 cm³/mol. The fraction of sp³-hybridized carbons (Fsp3) is 0.818. The van der Waals surface area contributed by atoms with Crippen LogP contribution in [0.5, 0.6) is 0 Å². The number of nitrogens with zero attached hydrogens (tertiary/aromatic N) is 2. The summed E-state index contributed by atoms with van der Waals surface area (Å²) in [6.07, 6.45) is 5.26. The monoisotopic (exact) mass is 225 g/mol. The van der Waals surface area contributed by atoms with Gasteiger partial charge in [0.25, 0.3) is 0 Å². The van der Waals surface area contributed by atoms with Gasteiger partial charge in [0.2, 0.25) is 5.13 Å². The van der Waals surface area contributed by atoms with E-state index in [1.807, 2.05) is 0 Å². The maximum Gasteiger partial charge on any atom is 0.205 e. The molecule has 0 radical (unpaired) electrons. The first-order valence-electron chi connectivity index (χ1n) is 5.66. The van der Waals surface area contributed by atoms with Crippen LogP contribution in [-0.4, -0.2) is 16.2 Å². The van der Waals surface area contributed by atoms with Gasteiger partial charge in [-0.15, -0.1) is 10.2 Å². The van der Waals surface area contributed by atoms with Crippen LogP contribution in [0.1, 0.15) is 51.5 Å². The zero-order chi connectivity index (χ0) is 10.9. The van der Waals surface area contributed by atoms with Gasteiger partial charge in [0.05, 0.1) is 0 Å². The van der Waals surface area contributed by atoms with Crippen LogP contribution in [0.25, 0.3) is 0 Å². The Morgan fingerprint density at radius 3 is 2.40 bits per heavy atom. The van der Waals surface area contributed by atoms with Crippen molar-refractivity contribution in [2.45, 2.75) is 57.9 Å². The van der Waals surface area contributed by atoms with E-state index >= 15 is 0 Å². The van der Waals surface area contributed by atoms with E-state index < -0.39 is 0 Å². The quantitative estimate of drug-likeness (QED) is 0.840. The minimum Gasteiger partial charge on any atom is -0.357 e. The van der Waals surface area contributed by atoms with Crippen molar-refractivity contribution >= 4 is 16.5 Å². The van der Waals surface area contributed by atoms with E-state index in [4.69, 9.17) is 0 Å². The topological polar surface area (TPSA) is 37.8 Å². The largest absolute Gasteiger partial charge is 0.357 e. The normalized spacial score (nSPS) is 18.3. The maximum atomic E-state index is 4.24. The van der Waals surface area contributed by atoms with Crippen LogP contribution in [0.4, 0.5) is 5.13 Å². The van der Waals surface area contributed by atoms with E-state index in [1.165, 1.54) is 25.7 Å². The molecule has 0 aliphatic heterocycles. The van der Waals surface area contributed by atoms with Gasteiger partial charge in [-0.2, -0.15) is 0 Å². The van der Waals surface area contributed by atoms with E-state index in [2.05, 4.69) is 36.3 Å². The molecule has 0 spiro atoms. The highest BCUT2D eigenvalue weighted by atomic mass is 32.1. The van der Waals surface area contributed by atoms with Crippen LogP contribution < -0.4 is 5.32 Å². The lowest BCUT2D eigenvalue weighted by Gasteiger charge is -2.12. The molecular weight excluding hydrogens is 206 g/mol. The summed E-state index contributed by atoms with van der Waals surface area (Å²) >= 11 is 1.69. The molecule has 1 aromatic rings. The molecule has 1 aliphatic carbocycles. The fourth-order valence-electron chi connectivity index (χ4n) is 1.83. The average molecular weight is 225 g/mol. The third kappa shape index (κ3) is 2.68. The zero-order valence-electron chi connectivity index (χ0n) is 9.71. The average Bonchev–Trinajstić information content (AvgIpc) is 2.73. The van der Waals surface area contributed by atoms with Gasteiger partial charge in [-0.3, -0.25) is 0 Å². The van der Waals surface area contributed by atoms with Crippen LogP contribution in [0.15, 0.2) is 0 Å². The van der Waals surface area contributed by atoms with Crippen molar-refractivity contribution in [1.82, 2.24) is 10.2 Å². The van der Waals surface area contributed by atoms with E-state index in [0.717, 1.165) is 10.1 Å². The Kier molecular flexibility index (Phi) is 2.96. The van der Waals surface area contributed by atoms with Crippen molar-refractivity contribution in [3.8, 4) is 0 Å². The van der Waals surface area contributed by atoms with Gasteiger partial charge in [-0.25, -0.2) is 0 Å². The van der Waals surface area contributed by atoms with E-state index in [-0.39, 0.29) is 5.41 Å². The minimum absolute atomic E-state index is 0.118. The first-order valence-corrected chi connectivity index (χ1v) is 6.48. The number of aromatic nitrogens is 2. The highest BCUT2D eigenvalue weighted by Gasteiger charge is 2.21. The van der Waals surface area contributed by atoms with Crippen molar-refractivity contribution < 1.29 is 0 Å². The lowest BCUT2D eigenvalue weighted by molar-refractivity contribution is 0.578. The van der Waals surface area contributed by atoms with Crippen LogP contribution >= 0.6 is 11.3 Å². The Morgan fingerprint density at radius 2 is 1.87 bits per heavy atom. The van der Waals surface area contributed by atoms with Gasteiger partial charge < -0.3 is 5.32 Å². The molecule has 2 rings (SSSR count). The number of rotatable bonds is 2. The molecule has 1 saturated carbocycles. The van der Waals surface area contributed by atoms with Crippen LogP contribution in [0, 0.1) is 0 Å². The number of nitrogens with one attached hydrogen (secondary N) is 1. The van der Waals surface area contributed by atoms with E-state index in [9.17, 15) is 0 Å². The molecule has 0 amide bonds. The first kappa shape index (κ1) is 10.9. The number of hydrogen-bond donors (Lipinski definition) is 1. The second-order valence-corrected chi connectivity index (χ2v) is 6.27.